The zero-order valence-electron chi connectivity index (χ0n) is 13.6. The number of carboxylic acid groups (broad SMARTS) is 1. The van der Waals surface area contributed by atoms with Gasteiger partial charge in [0.25, 0.3) is 11.6 Å². The van der Waals surface area contributed by atoms with Crippen LogP contribution < -0.4 is 4.74 Å². The number of nitro benzene ring substituents is 1. The normalized spacial score (nSPS) is 11.4. The number of methoxy groups -OCH3 is 1. The second kappa shape index (κ2) is 7.43. The lowest BCUT2D eigenvalue weighted by atomic mass is 10.0. The number of hydrogen-bond donors (Lipinski definition) is 1. The Bertz CT molecular complexity index is 803. The summed E-state index contributed by atoms with van der Waals surface area (Å²) in [5, 5.41) is 20.4. The Kier molecular flexibility index (Phi) is 5.33. The van der Waals surface area contributed by atoms with Crippen molar-refractivity contribution in [1.29, 1.82) is 0 Å². The van der Waals surface area contributed by atoms with Crippen LogP contribution in [-0.2, 0) is 4.79 Å². The van der Waals surface area contributed by atoms with Gasteiger partial charge in [0.1, 0.15) is 5.75 Å². The Hall–Kier alpha value is -3.42. The Labute approximate surface area is 143 Å². The zero-order chi connectivity index (χ0) is 18.6. The first-order valence-corrected chi connectivity index (χ1v) is 7.23. The fourth-order valence-corrected chi connectivity index (χ4v) is 2.39. The molecule has 2 rings (SSSR count). The SMILES string of the molecule is COc1ccc(C(=O)N(C)C(C(=O)O)c2cccc([N+](=O)[O-])c2)cc1. The van der Waals surface area contributed by atoms with E-state index in [1.54, 1.807) is 12.1 Å². The average Bonchev–Trinajstić information content (AvgIpc) is 2.61. The highest BCUT2D eigenvalue weighted by Gasteiger charge is 2.30. The molecule has 0 fully saturated rings. The van der Waals surface area contributed by atoms with Gasteiger partial charge >= 0.3 is 5.97 Å². The molecule has 2 aromatic rings. The summed E-state index contributed by atoms with van der Waals surface area (Å²) in [6.07, 6.45) is 0. The number of nitrogens with zero attached hydrogens (tertiary/aromatic N) is 2. The van der Waals surface area contributed by atoms with Crippen molar-refractivity contribution in [1.82, 2.24) is 4.90 Å². The van der Waals surface area contributed by atoms with Crippen molar-refractivity contribution < 1.29 is 24.4 Å². The summed E-state index contributed by atoms with van der Waals surface area (Å²) in [5.74, 6) is -1.25. The predicted molar refractivity (Wildman–Crippen MR) is 88.6 cm³/mol. The molecule has 1 N–H and O–H groups in total. The maximum absolute atomic E-state index is 12.6. The third-order valence-electron chi connectivity index (χ3n) is 3.68. The first kappa shape index (κ1) is 17.9. The van der Waals surface area contributed by atoms with Gasteiger partial charge in [-0.3, -0.25) is 14.9 Å². The summed E-state index contributed by atoms with van der Waals surface area (Å²) in [5.41, 5.74) is 0.181. The number of hydrogen-bond acceptors (Lipinski definition) is 5. The minimum atomic E-state index is -1.35. The van der Waals surface area contributed by atoms with Crippen LogP contribution in [0.1, 0.15) is 22.0 Å². The Morgan fingerprint density at radius 3 is 2.36 bits per heavy atom. The monoisotopic (exact) mass is 344 g/mol. The highest BCUT2D eigenvalue weighted by Crippen LogP contribution is 2.25. The molecule has 0 spiro atoms. The number of amides is 1. The van der Waals surface area contributed by atoms with E-state index in [1.165, 1.54) is 44.5 Å². The molecule has 0 aliphatic heterocycles. The van der Waals surface area contributed by atoms with Crippen molar-refractivity contribution in [3.63, 3.8) is 0 Å². The van der Waals surface area contributed by atoms with Crippen LogP contribution in [0.5, 0.6) is 5.75 Å². The molecule has 0 radical (unpaired) electrons. The molecule has 0 saturated carbocycles. The Morgan fingerprint density at radius 2 is 1.84 bits per heavy atom. The molecule has 0 aliphatic carbocycles. The van der Waals surface area contributed by atoms with Gasteiger partial charge < -0.3 is 14.7 Å². The molecule has 1 atom stereocenters. The number of non-ortho nitro benzene ring substituents is 1. The summed E-state index contributed by atoms with van der Waals surface area (Å²) in [6.45, 7) is 0. The van der Waals surface area contributed by atoms with Gasteiger partial charge in [-0.2, -0.15) is 0 Å². The lowest BCUT2D eigenvalue weighted by Gasteiger charge is -2.25. The minimum Gasteiger partial charge on any atom is -0.497 e. The number of nitro groups is 1. The van der Waals surface area contributed by atoms with Crippen LogP contribution >= 0.6 is 0 Å². The molecule has 25 heavy (non-hydrogen) atoms. The average molecular weight is 344 g/mol. The van der Waals surface area contributed by atoms with Gasteiger partial charge in [-0.05, 0) is 29.8 Å². The molecule has 130 valence electrons. The van der Waals surface area contributed by atoms with E-state index in [4.69, 9.17) is 4.74 Å². The number of likely N-dealkylation sites (N-methyl/N-ethyl adjacent to an activating group) is 1. The van der Waals surface area contributed by atoms with E-state index in [-0.39, 0.29) is 16.8 Å². The highest BCUT2D eigenvalue weighted by molar-refractivity contribution is 5.96. The van der Waals surface area contributed by atoms with Gasteiger partial charge in [0, 0.05) is 24.7 Å². The third kappa shape index (κ3) is 3.92. The fourth-order valence-electron chi connectivity index (χ4n) is 2.39. The van der Waals surface area contributed by atoms with Crippen LogP contribution in [0.15, 0.2) is 48.5 Å². The van der Waals surface area contributed by atoms with Crippen LogP contribution in [0.2, 0.25) is 0 Å². The van der Waals surface area contributed by atoms with Gasteiger partial charge in [0.05, 0.1) is 12.0 Å². The highest BCUT2D eigenvalue weighted by atomic mass is 16.6. The lowest BCUT2D eigenvalue weighted by molar-refractivity contribution is -0.384. The molecule has 2 aromatic carbocycles. The van der Waals surface area contributed by atoms with Crippen LogP contribution in [0.3, 0.4) is 0 Å². The number of rotatable bonds is 6. The molecule has 0 saturated heterocycles. The van der Waals surface area contributed by atoms with Gasteiger partial charge in [-0.15, -0.1) is 0 Å². The third-order valence-corrected chi connectivity index (χ3v) is 3.68. The standard InChI is InChI=1S/C17H16N2O6/c1-18(16(20)11-6-8-14(25-2)9-7-11)15(17(21)22)12-4-3-5-13(10-12)19(23)24/h3-10,15H,1-2H3,(H,21,22). The van der Waals surface area contributed by atoms with Crippen LogP contribution in [-0.4, -0.2) is 41.0 Å². The van der Waals surface area contributed by atoms with Gasteiger partial charge in [-0.25, -0.2) is 4.79 Å². The van der Waals surface area contributed by atoms with Crippen molar-refractivity contribution in [3.05, 3.63) is 69.8 Å². The molecule has 0 bridgehead atoms. The number of carbonyl (C=O) groups excluding carboxylic acids is 1. The summed E-state index contributed by atoms with van der Waals surface area (Å²) >= 11 is 0. The summed E-state index contributed by atoms with van der Waals surface area (Å²) in [7, 11) is 2.83. The van der Waals surface area contributed by atoms with E-state index < -0.39 is 22.8 Å². The number of carboxylic acids is 1. The van der Waals surface area contributed by atoms with E-state index in [1.807, 2.05) is 0 Å². The van der Waals surface area contributed by atoms with E-state index in [0.717, 1.165) is 11.0 Å². The molecular formula is C17H16N2O6. The molecule has 0 aromatic heterocycles. The summed E-state index contributed by atoms with van der Waals surface area (Å²) in [6, 6.07) is 10.1. The van der Waals surface area contributed by atoms with Gasteiger partial charge in [0.15, 0.2) is 6.04 Å². The fraction of sp³-hybridized carbons (Fsp3) is 0.176. The number of benzene rings is 2. The zero-order valence-corrected chi connectivity index (χ0v) is 13.6. The molecule has 0 aliphatic rings. The molecular weight excluding hydrogens is 328 g/mol. The summed E-state index contributed by atoms with van der Waals surface area (Å²) in [4.78, 5) is 35.6. The van der Waals surface area contributed by atoms with Crippen molar-refractivity contribution in [3.8, 4) is 5.75 Å². The summed E-state index contributed by atoms with van der Waals surface area (Å²) < 4.78 is 5.02. The van der Waals surface area contributed by atoms with E-state index in [9.17, 15) is 24.8 Å². The predicted octanol–water partition coefficient (Wildman–Crippen LogP) is 2.50. The molecule has 8 nitrogen and oxygen atoms in total. The quantitative estimate of drug-likeness (QED) is 0.637. The largest absolute Gasteiger partial charge is 0.497 e. The number of ether oxygens (including phenoxy) is 1. The van der Waals surface area contributed by atoms with E-state index >= 15 is 0 Å². The Balaban J connectivity index is 2.35. The minimum absolute atomic E-state index is 0.145. The maximum Gasteiger partial charge on any atom is 0.331 e. The first-order chi connectivity index (χ1) is 11.8. The number of carbonyl (C=O) groups is 2. The topological polar surface area (TPSA) is 110 Å². The van der Waals surface area contributed by atoms with Crippen LogP contribution in [0.25, 0.3) is 0 Å². The maximum atomic E-state index is 12.6. The second-order valence-corrected chi connectivity index (χ2v) is 5.24. The smallest absolute Gasteiger partial charge is 0.331 e. The van der Waals surface area contributed by atoms with Crippen molar-refractivity contribution in [2.75, 3.05) is 14.2 Å². The second-order valence-electron chi connectivity index (χ2n) is 5.24. The number of aliphatic carboxylic acids is 1. The lowest BCUT2D eigenvalue weighted by Crippen LogP contribution is -2.35. The molecule has 0 heterocycles. The van der Waals surface area contributed by atoms with Gasteiger partial charge in [0.2, 0.25) is 0 Å². The molecule has 1 unspecified atom stereocenters. The van der Waals surface area contributed by atoms with Crippen molar-refractivity contribution >= 4 is 17.6 Å². The molecule has 8 heteroatoms. The molecule has 1 amide bonds. The van der Waals surface area contributed by atoms with E-state index in [2.05, 4.69) is 0 Å². The van der Waals surface area contributed by atoms with Gasteiger partial charge in [-0.1, -0.05) is 12.1 Å². The first-order valence-electron chi connectivity index (χ1n) is 7.23. The van der Waals surface area contributed by atoms with Crippen molar-refractivity contribution in [2.24, 2.45) is 0 Å². The van der Waals surface area contributed by atoms with Crippen molar-refractivity contribution in [2.45, 2.75) is 6.04 Å². The van der Waals surface area contributed by atoms with Crippen LogP contribution in [0, 0.1) is 10.1 Å². The Morgan fingerprint density at radius 1 is 1.20 bits per heavy atom. The van der Waals surface area contributed by atoms with Crippen LogP contribution in [0.4, 0.5) is 5.69 Å². The van der Waals surface area contributed by atoms with E-state index in [0.29, 0.717) is 5.75 Å².